The summed E-state index contributed by atoms with van der Waals surface area (Å²) in [5.41, 5.74) is 3.62. The Bertz CT molecular complexity index is 977. The van der Waals surface area contributed by atoms with Gasteiger partial charge in [0.25, 0.3) is 0 Å². The lowest BCUT2D eigenvalue weighted by molar-refractivity contribution is -0.274. The summed E-state index contributed by atoms with van der Waals surface area (Å²) in [5, 5.41) is 9.82. The molecule has 2 aromatic rings. The third kappa shape index (κ3) is 5.21. The van der Waals surface area contributed by atoms with Gasteiger partial charge in [-0.25, -0.2) is 8.42 Å². The van der Waals surface area contributed by atoms with Gasteiger partial charge in [-0.05, 0) is 41.3 Å². The molecule has 0 spiro atoms. The molecule has 156 valence electrons. The Morgan fingerprint density at radius 2 is 1.97 bits per heavy atom. The highest BCUT2D eigenvalue weighted by molar-refractivity contribution is 7.70. The van der Waals surface area contributed by atoms with E-state index in [-0.39, 0.29) is 12.4 Å². The van der Waals surface area contributed by atoms with Crippen molar-refractivity contribution in [3.8, 4) is 22.6 Å². The lowest BCUT2D eigenvalue weighted by Gasteiger charge is -2.16. The molecule has 0 amide bonds. The summed E-state index contributed by atoms with van der Waals surface area (Å²) < 4.78 is 70.0. The topological polar surface area (TPSA) is 84.9 Å². The molecule has 3 rings (SSSR count). The molecule has 0 unspecified atom stereocenters. The predicted molar refractivity (Wildman–Crippen MR) is 100.0 cm³/mol. The summed E-state index contributed by atoms with van der Waals surface area (Å²) in [5.74, 6) is 0.263. The molecule has 2 aromatic carbocycles. The zero-order chi connectivity index (χ0) is 21.0. The average molecular weight is 429 g/mol. The Morgan fingerprint density at radius 1 is 1.24 bits per heavy atom. The molecule has 1 heterocycles. The number of halogens is 3. The first-order valence-corrected chi connectivity index (χ1v) is 9.79. The number of thiol groups is 1. The third-order valence-corrected chi connectivity index (χ3v) is 4.74. The van der Waals surface area contributed by atoms with Crippen LogP contribution in [-0.4, -0.2) is 26.5 Å². The zero-order valence-corrected chi connectivity index (χ0v) is 15.9. The Labute approximate surface area is 166 Å². The van der Waals surface area contributed by atoms with Crippen LogP contribution in [0.15, 0.2) is 42.6 Å². The normalized spacial score (nSPS) is 13.6. The number of hydrogen-bond acceptors (Lipinski definition) is 5. The number of aliphatic hydroxyl groups is 1. The Kier molecular flexibility index (Phi) is 6.33. The van der Waals surface area contributed by atoms with Crippen LogP contribution in [0.25, 0.3) is 11.1 Å². The van der Waals surface area contributed by atoms with E-state index in [1.54, 1.807) is 12.1 Å². The fourth-order valence-corrected chi connectivity index (χ4v) is 3.46. The van der Waals surface area contributed by atoms with E-state index in [1.165, 1.54) is 30.5 Å². The van der Waals surface area contributed by atoms with Crippen LogP contribution >= 0.6 is 0 Å². The zero-order valence-electron chi connectivity index (χ0n) is 15.0. The molecule has 1 aliphatic heterocycles. The van der Waals surface area contributed by atoms with E-state index in [1.807, 2.05) is 0 Å². The number of alkyl halides is 3. The minimum atomic E-state index is -4.77. The highest BCUT2D eigenvalue weighted by atomic mass is 32.2. The molecule has 0 saturated heterocycles. The molecule has 0 fully saturated rings. The fraction of sp³-hybridized carbons (Fsp3) is 0.263. The first-order chi connectivity index (χ1) is 13.8. The van der Waals surface area contributed by atoms with Crippen LogP contribution in [0.5, 0.6) is 11.5 Å². The van der Waals surface area contributed by atoms with Crippen molar-refractivity contribution in [2.24, 2.45) is 0 Å². The number of allylic oxidation sites excluding steroid dienone is 1. The van der Waals surface area contributed by atoms with Gasteiger partial charge in [0, 0.05) is 23.7 Å². The van der Waals surface area contributed by atoms with Crippen LogP contribution in [-0.2, 0) is 30.3 Å². The maximum absolute atomic E-state index is 12.4. The van der Waals surface area contributed by atoms with Crippen LogP contribution < -0.4 is 14.2 Å². The first-order valence-electron chi connectivity index (χ1n) is 8.61. The van der Waals surface area contributed by atoms with E-state index < -0.39 is 17.3 Å². The summed E-state index contributed by atoms with van der Waals surface area (Å²) in [7, 11) is -2.75. The summed E-state index contributed by atoms with van der Waals surface area (Å²) in [4.78, 5) is 0. The second kappa shape index (κ2) is 8.75. The average Bonchev–Trinajstić information content (AvgIpc) is 3.13. The fourth-order valence-electron chi connectivity index (χ4n) is 3.23. The van der Waals surface area contributed by atoms with E-state index in [2.05, 4.69) is 9.46 Å². The van der Waals surface area contributed by atoms with Gasteiger partial charge in [-0.15, -0.1) is 13.2 Å². The Balaban J connectivity index is 1.97. The van der Waals surface area contributed by atoms with E-state index >= 15 is 0 Å². The number of hydrogen-bond donors (Lipinski definition) is 3. The van der Waals surface area contributed by atoms with Crippen molar-refractivity contribution in [2.75, 3.05) is 6.61 Å². The predicted octanol–water partition coefficient (Wildman–Crippen LogP) is 2.85. The third-order valence-electron chi connectivity index (χ3n) is 4.38. The van der Waals surface area contributed by atoms with Gasteiger partial charge in [0.2, 0.25) is 10.9 Å². The van der Waals surface area contributed by atoms with E-state index in [4.69, 9.17) is 4.74 Å². The first kappa shape index (κ1) is 21.0. The molecule has 0 aromatic heterocycles. The Hall–Kier alpha value is -2.72. The van der Waals surface area contributed by atoms with Crippen molar-refractivity contribution in [2.45, 2.75) is 25.8 Å². The minimum absolute atomic E-state index is 0.212. The monoisotopic (exact) mass is 429 g/mol. The van der Waals surface area contributed by atoms with E-state index in [0.29, 0.717) is 41.9 Å². The van der Waals surface area contributed by atoms with E-state index in [0.717, 1.165) is 11.1 Å². The van der Waals surface area contributed by atoms with Gasteiger partial charge >= 0.3 is 6.36 Å². The molecule has 0 radical (unpaired) electrons. The van der Waals surface area contributed by atoms with Crippen LogP contribution in [0.4, 0.5) is 13.2 Å². The van der Waals surface area contributed by atoms with Crippen molar-refractivity contribution < 1.29 is 36.2 Å². The summed E-state index contributed by atoms with van der Waals surface area (Å²) in [6.07, 6.45) is -0.931. The molecule has 0 bridgehead atoms. The van der Waals surface area contributed by atoms with Gasteiger partial charge in [-0.2, -0.15) is 0 Å². The maximum Gasteiger partial charge on any atom is 0.573 e. The molecule has 10 heteroatoms. The second-order valence-electron chi connectivity index (χ2n) is 6.19. The molecule has 1 aliphatic rings. The van der Waals surface area contributed by atoms with Gasteiger partial charge in [-0.1, -0.05) is 18.2 Å². The van der Waals surface area contributed by atoms with Crippen molar-refractivity contribution in [3.63, 3.8) is 0 Å². The van der Waals surface area contributed by atoms with Crippen molar-refractivity contribution >= 4 is 10.9 Å². The number of benzene rings is 2. The van der Waals surface area contributed by atoms with Gasteiger partial charge in [-0.3, -0.25) is 4.72 Å². The van der Waals surface area contributed by atoms with Gasteiger partial charge in [0.05, 0.1) is 13.2 Å². The highest BCUT2D eigenvalue weighted by Crippen LogP contribution is 2.41. The maximum atomic E-state index is 12.4. The molecule has 0 saturated carbocycles. The summed E-state index contributed by atoms with van der Waals surface area (Å²) in [6, 6.07) is 7.23. The standard InChI is InChI=1S/C19H18F3NO5S/c20-19(21,22)28-14-5-3-12(4-6-14)16-10-13(2-1-8-23-29(25)26)17(11-24)15-7-9-27-18(15)16/h1,3-6,8,10,24,29H,2,7,9,11H2,(H,23,25,26). The summed E-state index contributed by atoms with van der Waals surface area (Å²) >= 11 is 0. The van der Waals surface area contributed by atoms with Crippen LogP contribution in [0.1, 0.15) is 16.7 Å². The van der Waals surface area contributed by atoms with Gasteiger partial charge in [0.1, 0.15) is 11.5 Å². The van der Waals surface area contributed by atoms with Crippen LogP contribution in [0.3, 0.4) is 0 Å². The lowest BCUT2D eigenvalue weighted by atomic mass is 9.91. The van der Waals surface area contributed by atoms with Crippen molar-refractivity contribution in [1.29, 1.82) is 0 Å². The highest BCUT2D eigenvalue weighted by Gasteiger charge is 2.31. The quantitative estimate of drug-likeness (QED) is 0.590. The molecule has 6 nitrogen and oxygen atoms in total. The summed E-state index contributed by atoms with van der Waals surface area (Å²) in [6.45, 7) is 0.221. The van der Waals surface area contributed by atoms with E-state index in [9.17, 15) is 26.7 Å². The molecule has 0 atom stereocenters. The number of ether oxygens (including phenoxy) is 2. The number of aliphatic hydroxyl groups excluding tert-OH is 1. The molecular weight excluding hydrogens is 411 g/mol. The smallest absolute Gasteiger partial charge is 0.492 e. The molecule has 0 aliphatic carbocycles. The molecule has 2 N–H and O–H groups in total. The molecule has 29 heavy (non-hydrogen) atoms. The van der Waals surface area contributed by atoms with Gasteiger partial charge in [0.15, 0.2) is 0 Å². The largest absolute Gasteiger partial charge is 0.573 e. The molecular formula is C19H18F3NO5S. The number of rotatable bonds is 7. The second-order valence-corrected chi connectivity index (χ2v) is 6.96. The van der Waals surface area contributed by atoms with Crippen LogP contribution in [0.2, 0.25) is 0 Å². The number of nitrogens with one attached hydrogen (secondary N) is 1. The number of fused-ring (bicyclic) bond motifs is 1. The van der Waals surface area contributed by atoms with Crippen LogP contribution in [0, 0.1) is 0 Å². The van der Waals surface area contributed by atoms with Gasteiger partial charge < -0.3 is 14.6 Å². The minimum Gasteiger partial charge on any atom is -0.492 e. The Morgan fingerprint density at radius 3 is 2.59 bits per heavy atom. The van der Waals surface area contributed by atoms with Crippen molar-refractivity contribution in [1.82, 2.24) is 4.72 Å². The SMILES string of the molecule is O=[SH](=O)NC=CCc1cc(-c2ccc(OC(F)(F)F)cc2)c2c(c1CO)CCO2. The lowest BCUT2D eigenvalue weighted by Crippen LogP contribution is -2.16. The van der Waals surface area contributed by atoms with Crippen molar-refractivity contribution in [3.05, 3.63) is 59.3 Å².